The second kappa shape index (κ2) is 9.97. The number of nitrogen functional groups attached to an aromatic ring is 1. The predicted molar refractivity (Wildman–Crippen MR) is 124 cm³/mol. The number of nitrogens with two attached hydrogens (primary N) is 1. The van der Waals surface area contributed by atoms with E-state index in [2.05, 4.69) is 4.98 Å². The number of anilines is 2. The van der Waals surface area contributed by atoms with Gasteiger partial charge in [0.05, 0.1) is 20.2 Å². The molecule has 3 N–H and O–H groups in total. The van der Waals surface area contributed by atoms with E-state index in [1.54, 1.807) is 19.1 Å². The molecule has 168 valence electrons. The molecule has 3 rings (SSSR count). The number of methoxy groups -OCH3 is 1. The first kappa shape index (κ1) is 22.8. The number of benzene rings is 2. The lowest BCUT2D eigenvalue weighted by Gasteiger charge is -2.24. The molecule has 0 aliphatic carbocycles. The van der Waals surface area contributed by atoms with Crippen LogP contribution in [0.15, 0.2) is 64.2 Å². The summed E-state index contributed by atoms with van der Waals surface area (Å²) >= 11 is 0. The number of amides is 1. The molecular weight excluding hydrogens is 410 g/mol. The van der Waals surface area contributed by atoms with Crippen LogP contribution in [0.4, 0.5) is 11.5 Å². The molecule has 0 spiro atoms. The summed E-state index contributed by atoms with van der Waals surface area (Å²) in [6, 6.07) is 16.8. The number of likely N-dealkylation sites (N-methyl/N-ethyl adjacent to an activating group) is 2. The van der Waals surface area contributed by atoms with Gasteiger partial charge in [-0.05, 0) is 18.7 Å². The quantitative estimate of drug-likeness (QED) is 0.549. The molecule has 2 aromatic carbocycles. The van der Waals surface area contributed by atoms with E-state index in [1.165, 1.54) is 16.5 Å². The van der Waals surface area contributed by atoms with Crippen LogP contribution in [0.25, 0.3) is 0 Å². The maximum absolute atomic E-state index is 12.9. The molecule has 0 saturated heterocycles. The molecule has 32 heavy (non-hydrogen) atoms. The lowest BCUT2D eigenvalue weighted by molar-refractivity contribution is -0.119. The third-order valence-corrected chi connectivity index (χ3v) is 5.15. The number of nitrogens with zero attached hydrogens (tertiary/aromatic N) is 3. The number of aromatic amines is 1. The van der Waals surface area contributed by atoms with Crippen LogP contribution in [0.3, 0.4) is 0 Å². The van der Waals surface area contributed by atoms with Gasteiger partial charge in [0.2, 0.25) is 5.91 Å². The van der Waals surface area contributed by atoms with E-state index in [4.69, 9.17) is 10.5 Å². The van der Waals surface area contributed by atoms with Crippen molar-refractivity contribution in [3.05, 3.63) is 86.6 Å². The Balaban J connectivity index is 1.81. The van der Waals surface area contributed by atoms with Crippen molar-refractivity contribution in [1.29, 1.82) is 0 Å². The van der Waals surface area contributed by atoms with Crippen LogP contribution in [0.5, 0.6) is 5.75 Å². The van der Waals surface area contributed by atoms with Gasteiger partial charge in [-0.15, -0.1) is 0 Å². The topological polar surface area (TPSA) is 114 Å². The molecule has 1 amide bonds. The summed E-state index contributed by atoms with van der Waals surface area (Å²) in [7, 11) is 4.86. The summed E-state index contributed by atoms with van der Waals surface area (Å²) in [6.45, 7) is 0.680. The maximum atomic E-state index is 12.9. The smallest absolute Gasteiger partial charge is 0.330 e. The van der Waals surface area contributed by atoms with Crippen molar-refractivity contribution in [2.45, 2.75) is 13.1 Å². The summed E-state index contributed by atoms with van der Waals surface area (Å²) < 4.78 is 6.60. The van der Waals surface area contributed by atoms with Crippen LogP contribution in [0.1, 0.15) is 11.1 Å². The average Bonchev–Trinajstić information content (AvgIpc) is 2.77. The maximum Gasteiger partial charge on any atom is 0.330 e. The van der Waals surface area contributed by atoms with Gasteiger partial charge in [-0.2, -0.15) is 0 Å². The standard InChI is InChI=1S/C23H27N5O4/c1-26(14-17-11-7-8-12-18(17)32-3)15-19(29)27(2)20-21(24)28(23(31)25-22(20)30)13-16-9-5-4-6-10-16/h4-12H,13-15,24H2,1-3H3,(H,25,30,31). The molecule has 0 fully saturated rings. The Hall–Kier alpha value is -3.85. The number of ether oxygens (including phenoxy) is 1. The van der Waals surface area contributed by atoms with Crippen LogP contribution in [-0.2, 0) is 17.9 Å². The van der Waals surface area contributed by atoms with Gasteiger partial charge in [0.15, 0.2) is 5.69 Å². The number of rotatable bonds is 8. The Morgan fingerprint density at radius 1 is 1.06 bits per heavy atom. The van der Waals surface area contributed by atoms with Crippen molar-refractivity contribution in [1.82, 2.24) is 14.5 Å². The fraction of sp³-hybridized carbons (Fsp3) is 0.261. The van der Waals surface area contributed by atoms with E-state index in [-0.39, 0.29) is 30.5 Å². The summed E-state index contributed by atoms with van der Waals surface area (Å²) in [5, 5.41) is 0. The van der Waals surface area contributed by atoms with E-state index < -0.39 is 11.2 Å². The van der Waals surface area contributed by atoms with Gasteiger partial charge in [0.25, 0.3) is 5.56 Å². The third kappa shape index (κ3) is 5.06. The molecule has 9 nitrogen and oxygen atoms in total. The Labute approximate surface area is 185 Å². The number of H-pyrrole nitrogens is 1. The average molecular weight is 438 g/mol. The fourth-order valence-electron chi connectivity index (χ4n) is 3.47. The second-order valence-electron chi connectivity index (χ2n) is 7.50. The van der Waals surface area contributed by atoms with Gasteiger partial charge in [0, 0.05) is 19.2 Å². The highest BCUT2D eigenvalue weighted by molar-refractivity contribution is 5.96. The lowest BCUT2D eigenvalue weighted by atomic mass is 10.2. The molecular formula is C23H27N5O4. The van der Waals surface area contributed by atoms with Crippen molar-refractivity contribution in [2.75, 3.05) is 38.4 Å². The first-order valence-corrected chi connectivity index (χ1v) is 10.0. The zero-order chi connectivity index (χ0) is 23.3. The van der Waals surface area contributed by atoms with Gasteiger partial charge < -0.3 is 15.4 Å². The molecule has 1 heterocycles. The van der Waals surface area contributed by atoms with Crippen LogP contribution in [0, 0.1) is 0 Å². The fourth-order valence-corrected chi connectivity index (χ4v) is 3.47. The monoisotopic (exact) mass is 437 g/mol. The molecule has 0 radical (unpaired) electrons. The lowest BCUT2D eigenvalue weighted by Crippen LogP contribution is -2.42. The largest absolute Gasteiger partial charge is 0.496 e. The van der Waals surface area contributed by atoms with E-state index in [0.717, 1.165) is 16.9 Å². The highest BCUT2D eigenvalue weighted by atomic mass is 16.5. The number of aromatic nitrogens is 2. The molecule has 1 aromatic heterocycles. The van der Waals surface area contributed by atoms with Gasteiger partial charge in [0.1, 0.15) is 11.6 Å². The van der Waals surface area contributed by atoms with Crippen LogP contribution in [0.2, 0.25) is 0 Å². The zero-order valence-corrected chi connectivity index (χ0v) is 18.4. The van der Waals surface area contributed by atoms with Gasteiger partial charge >= 0.3 is 5.69 Å². The van der Waals surface area contributed by atoms with E-state index >= 15 is 0 Å². The van der Waals surface area contributed by atoms with Crippen molar-refractivity contribution in [3.63, 3.8) is 0 Å². The summed E-state index contributed by atoms with van der Waals surface area (Å²) in [5.41, 5.74) is 6.56. The normalized spacial score (nSPS) is 10.9. The second-order valence-corrected chi connectivity index (χ2v) is 7.50. The molecule has 0 unspecified atom stereocenters. The summed E-state index contributed by atoms with van der Waals surface area (Å²) in [4.78, 5) is 43.0. The first-order valence-electron chi connectivity index (χ1n) is 10.0. The van der Waals surface area contributed by atoms with Crippen molar-refractivity contribution in [3.8, 4) is 5.75 Å². The van der Waals surface area contributed by atoms with E-state index in [9.17, 15) is 14.4 Å². The number of nitrogens with one attached hydrogen (secondary N) is 1. The summed E-state index contributed by atoms with van der Waals surface area (Å²) in [5.74, 6) is 0.323. The minimum absolute atomic E-state index is 0.0330. The molecule has 9 heteroatoms. The van der Waals surface area contributed by atoms with Crippen molar-refractivity contribution >= 4 is 17.4 Å². The van der Waals surface area contributed by atoms with Gasteiger partial charge in [-0.25, -0.2) is 4.79 Å². The van der Waals surface area contributed by atoms with Crippen molar-refractivity contribution in [2.24, 2.45) is 0 Å². The summed E-state index contributed by atoms with van der Waals surface area (Å²) in [6.07, 6.45) is 0. The van der Waals surface area contributed by atoms with E-state index in [1.807, 2.05) is 54.6 Å². The third-order valence-electron chi connectivity index (χ3n) is 5.15. The molecule has 0 bridgehead atoms. The minimum atomic E-state index is -0.708. The molecule has 0 aliphatic heterocycles. The molecule has 0 saturated carbocycles. The molecule has 0 aliphatic rings. The first-order chi connectivity index (χ1) is 15.3. The van der Waals surface area contributed by atoms with Crippen LogP contribution >= 0.6 is 0 Å². The van der Waals surface area contributed by atoms with Crippen LogP contribution < -0.4 is 26.6 Å². The van der Waals surface area contributed by atoms with E-state index in [0.29, 0.717) is 6.54 Å². The van der Waals surface area contributed by atoms with Gasteiger partial charge in [-0.3, -0.25) is 24.0 Å². The number of carbonyl (C=O) groups excluding carboxylic acids is 1. The Kier molecular flexibility index (Phi) is 7.11. The van der Waals surface area contributed by atoms with Crippen LogP contribution in [-0.4, -0.2) is 48.1 Å². The Morgan fingerprint density at radius 2 is 1.72 bits per heavy atom. The number of para-hydroxylation sites is 1. The number of hydrogen-bond acceptors (Lipinski definition) is 6. The number of carbonyl (C=O) groups is 1. The Bertz CT molecular complexity index is 1200. The molecule has 3 aromatic rings. The SMILES string of the molecule is COc1ccccc1CN(C)CC(=O)N(C)c1c(N)n(Cc2ccccc2)c(=O)[nH]c1=O. The number of hydrogen-bond donors (Lipinski definition) is 2. The predicted octanol–water partition coefficient (Wildman–Crippen LogP) is 1.27. The van der Waals surface area contributed by atoms with Crippen molar-refractivity contribution < 1.29 is 9.53 Å². The Morgan fingerprint density at radius 3 is 2.41 bits per heavy atom. The minimum Gasteiger partial charge on any atom is -0.496 e. The highest BCUT2D eigenvalue weighted by Gasteiger charge is 2.22. The zero-order valence-electron chi connectivity index (χ0n) is 18.4. The highest BCUT2D eigenvalue weighted by Crippen LogP contribution is 2.20. The molecule has 0 atom stereocenters. The van der Waals surface area contributed by atoms with Gasteiger partial charge in [-0.1, -0.05) is 48.5 Å².